The molecule has 2 rings (SSSR count). The van der Waals surface area contributed by atoms with Gasteiger partial charge in [-0.25, -0.2) is 4.79 Å². The summed E-state index contributed by atoms with van der Waals surface area (Å²) in [6, 6.07) is 1.02. The molecule has 0 saturated carbocycles. The number of aliphatic carboxylic acids is 1. The molecule has 6 amide bonds. The van der Waals surface area contributed by atoms with Crippen molar-refractivity contribution in [1.82, 2.24) is 31.1 Å². The van der Waals surface area contributed by atoms with E-state index < -0.39 is 58.6 Å². The predicted molar refractivity (Wildman–Crippen MR) is 181 cm³/mol. The van der Waals surface area contributed by atoms with E-state index in [0.29, 0.717) is 0 Å². The van der Waals surface area contributed by atoms with Crippen molar-refractivity contribution in [1.29, 1.82) is 0 Å². The SMILES string of the molecule is CN[C@H](C(=O)NC(C(=O)N(C)C/C=C(\C)C(=O)N[C@H](CCC(=O)NCCN1C(=O)C=CC1=O)C(=O)O)C(C)(C)C)C(C)(C)c1cccs1. The number of carboxylic acid groups (broad SMARTS) is 1. The van der Waals surface area contributed by atoms with Gasteiger partial charge in [0.2, 0.25) is 23.6 Å². The van der Waals surface area contributed by atoms with Crippen LogP contribution in [0.25, 0.3) is 0 Å². The molecule has 0 aromatic carbocycles. The molecule has 14 nitrogen and oxygen atoms in total. The van der Waals surface area contributed by atoms with Gasteiger partial charge in [0.1, 0.15) is 12.1 Å². The molecule has 0 bridgehead atoms. The van der Waals surface area contributed by atoms with Crippen LogP contribution in [0.4, 0.5) is 0 Å². The third kappa shape index (κ3) is 10.8. The van der Waals surface area contributed by atoms with Gasteiger partial charge in [-0.15, -0.1) is 11.3 Å². The molecule has 0 aliphatic carbocycles. The molecule has 1 aromatic heterocycles. The molecule has 2 heterocycles. The minimum atomic E-state index is -1.36. The quantitative estimate of drug-likeness (QED) is 0.117. The number of hydrogen-bond acceptors (Lipinski definition) is 9. The van der Waals surface area contributed by atoms with E-state index in [-0.39, 0.29) is 49.9 Å². The lowest BCUT2D eigenvalue weighted by atomic mass is 9.81. The largest absolute Gasteiger partial charge is 0.480 e. The van der Waals surface area contributed by atoms with E-state index in [2.05, 4.69) is 21.3 Å². The highest BCUT2D eigenvalue weighted by Gasteiger charge is 2.41. The van der Waals surface area contributed by atoms with E-state index in [9.17, 15) is 38.7 Å². The Morgan fingerprint density at radius 3 is 2.17 bits per heavy atom. The zero-order valence-electron chi connectivity index (χ0n) is 28.8. The first kappa shape index (κ1) is 39.8. The molecule has 264 valence electrons. The van der Waals surface area contributed by atoms with Crippen LogP contribution in [0.2, 0.25) is 0 Å². The van der Waals surface area contributed by atoms with Crippen molar-refractivity contribution in [3.8, 4) is 0 Å². The van der Waals surface area contributed by atoms with Crippen LogP contribution >= 0.6 is 11.3 Å². The van der Waals surface area contributed by atoms with E-state index in [4.69, 9.17) is 0 Å². The van der Waals surface area contributed by atoms with E-state index in [1.54, 1.807) is 25.4 Å². The Kier molecular flexibility index (Phi) is 14.2. The average molecular weight is 689 g/mol. The molecule has 0 spiro atoms. The summed E-state index contributed by atoms with van der Waals surface area (Å²) in [6.45, 7) is 10.9. The average Bonchev–Trinajstić information content (AvgIpc) is 3.66. The number of imide groups is 1. The number of hydrogen-bond donors (Lipinski definition) is 5. The number of rotatable bonds is 17. The normalized spacial score (nSPS) is 15.5. The van der Waals surface area contributed by atoms with E-state index >= 15 is 0 Å². The van der Waals surface area contributed by atoms with Gasteiger partial charge < -0.3 is 31.3 Å². The number of amides is 6. The molecule has 1 unspecified atom stereocenters. The molecule has 1 aromatic rings. The van der Waals surface area contributed by atoms with Crippen molar-refractivity contribution in [2.75, 3.05) is 33.7 Å². The van der Waals surface area contributed by atoms with Crippen LogP contribution in [0, 0.1) is 5.41 Å². The molecular weight excluding hydrogens is 640 g/mol. The van der Waals surface area contributed by atoms with Crippen LogP contribution in [0.1, 0.15) is 59.3 Å². The van der Waals surface area contributed by atoms with Gasteiger partial charge in [0, 0.05) is 61.1 Å². The Hall–Kier alpha value is -4.37. The summed E-state index contributed by atoms with van der Waals surface area (Å²) >= 11 is 1.55. The fourth-order valence-electron chi connectivity index (χ4n) is 5.01. The maximum absolute atomic E-state index is 13.6. The number of carbonyl (C=O) groups is 7. The van der Waals surface area contributed by atoms with Crippen LogP contribution in [0.3, 0.4) is 0 Å². The summed E-state index contributed by atoms with van der Waals surface area (Å²) in [5, 5.41) is 22.5. The van der Waals surface area contributed by atoms with Crippen LogP contribution in [0.15, 0.2) is 41.3 Å². The fourth-order valence-corrected chi connectivity index (χ4v) is 5.89. The number of nitrogens with one attached hydrogen (secondary N) is 4. The maximum atomic E-state index is 13.6. The minimum Gasteiger partial charge on any atom is -0.480 e. The highest BCUT2D eigenvalue weighted by atomic mass is 32.1. The highest BCUT2D eigenvalue weighted by Crippen LogP contribution is 2.31. The number of thiophene rings is 1. The minimum absolute atomic E-state index is 0.000859. The van der Waals surface area contributed by atoms with Crippen molar-refractivity contribution >= 4 is 52.7 Å². The molecule has 15 heteroatoms. The van der Waals surface area contributed by atoms with Crippen molar-refractivity contribution in [2.24, 2.45) is 5.41 Å². The Morgan fingerprint density at radius 2 is 1.65 bits per heavy atom. The van der Waals surface area contributed by atoms with Crippen LogP contribution in [-0.4, -0.2) is 108 Å². The van der Waals surface area contributed by atoms with Crippen LogP contribution in [0.5, 0.6) is 0 Å². The molecule has 1 aliphatic rings. The van der Waals surface area contributed by atoms with Crippen LogP contribution in [-0.2, 0) is 39.0 Å². The van der Waals surface area contributed by atoms with Crippen molar-refractivity contribution in [3.63, 3.8) is 0 Å². The molecule has 0 fully saturated rings. The zero-order chi connectivity index (χ0) is 36.4. The van der Waals surface area contributed by atoms with Crippen LogP contribution < -0.4 is 21.3 Å². The van der Waals surface area contributed by atoms with E-state index in [1.165, 1.54) is 17.9 Å². The highest BCUT2D eigenvalue weighted by molar-refractivity contribution is 7.10. The second-order valence-corrected chi connectivity index (χ2v) is 14.2. The first-order valence-electron chi connectivity index (χ1n) is 15.6. The summed E-state index contributed by atoms with van der Waals surface area (Å²) in [7, 11) is 3.25. The molecule has 48 heavy (non-hydrogen) atoms. The predicted octanol–water partition coefficient (Wildman–Crippen LogP) is 0.940. The lowest BCUT2D eigenvalue weighted by Gasteiger charge is -2.37. The van der Waals surface area contributed by atoms with Gasteiger partial charge in [0.15, 0.2) is 0 Å². The number of nitrogens with zero attached hydrogens (tertiary/aromatic N) is 2. The molecule has 0 radical (unpaired) electrons. The van der Waals surface area contributed by atoms with Gasteiger partial charge in [-0.2, -0.15) is 0 Å². The third-order valence-electron chi connectivity index (χ3n) is 8.06. The van der Waals surface area contributed by atoms with E-state index in [1.807, 2.05) is 52.1 Å². The monoisotopic (exact) mass is 688 g/mol. The second-order valence-electron chi connectivity index (χ2n) is 13.2. The third-order valence-corrected chi connectivity index (χ3v) is 9.27. The molecular formula is C33H48N6O8S. The lowest BCUT2D eigenvalue weighted by Crippen LogP contribution is -2.60. The first-order valence-corrected chi connectivity index (χ1v) is 16.5. The first-order chi connectivity index (χ1) is 22.3. The number of carbonyl (C=O) groups excluding carboxylic acids is 6. The fraction of sp³-hybridized carbons (Fsp3) is 0.545. The lowest BCUT2D eigenvalue weighted by molar-refractivity contribution is -0.142. The Balaban J connectivity index is 1.97. The van der Waals surface area contributed by atoms with E-state index in [0.717, 1.165) is 21.9 Å². The summed E-state index contributed by atoms with van der Waals surface area (Å²) in [4.78, 5) is 90.5. The van der Waals surface area contributed by atoms with Gasteiger partial charge in [0.25, 0.3) is 11.8 Å². The Labute approximate surface area is 285 Å². The summed E-state index contributed by atoms with van der Waals surface area (Å²) in [5.74, 6) is -4.17. The van der Waals surface area contributed by atoms with Gasteiger partial charge in [-0.05, 0) is 37.3 Å². The van der Waals surface area contributed by atoms with Gasteiger partial charge >= 0.3 is 5.97 Å². The standard InChI is InChI=1S/C33H48N6O8S/c1-20(28(43)36-21(31(46)47)11-12-23(40)35-16-18-39-24(41)13-14-25(39)42)15-17-38(8)30(45)27(32(2,3)4)37-29(44)26(34-7)33(5,6)22-10-9-19-48-22/h9-10,13-15,19,21,26-27,34H,11-12,16-18H2,1-8H3,(H,35,40)(H,36,43)(H,37,44)(H,46,47)/b20-15+/t21-,26-,27?/m1/s1. The number of carboxylic acids is 1. The molecule has 3 atom stereocenters. The Bertz CT molecular complexity index is 1410. The van der Waals surface area contributed by atoms with Crippen molar-refractivity contribution in [2.45, 2.75) is 77.9 Å². The summed E-state index contributed by atoms with van der Waals surface area (Å²) in [5.41, 5.74) is -1.05. The molecule has 1 aliphatic heterocycles. The molecule has 0 saturated heterocycles. The zero-order valence-corrected chi connectivity index (χ0v) is 29.7. The number of likely N-dealkylation sites (N-methyl/N-ethyl adjacent to an activating group) is 2. The molecule has 5 N–H and O–H groups in total. The summed E-state index contributed by atoms with van der Waals surface area (Å²) < 4.78 is 0. The van der Waals surface area contributed by atoms with Gasteiger partial charge in [0.05, 0.1) is 6.04 Å². The topological polar surface area (TPSA) is 194 Å². The van der Waals surface area contributed by atoms with Gasteiger partial charge in [-0.3, -0.25) is 33.7 Å². The maximum Gasteiger partial charge on any atom is 0.326 e. The second kappa shape index (κ2) is 17.2. The summed E-state index contributed by atoms with van der Waals surface area (Å²) in [6.07, 6.45) is 3.32. The van der Waals surface area contributed by atoms with Gasteiger partial charge in [-0.1, -0.05) is 46.8 Å². The smallest absolute Gasteiger partial charge is 0.326 e. The Morgan fingerprint density at radius 1 is 1.02 bits per heavy atom. The van der Waals surface area contributed by atoms with Crippen molar-refractivity contribution in [3.05, 3.63) is 46.2 Å². The van der Waals surface area contributed by atoms with Crippen molar-refractivity contribution < 1.29 is 38.7 Å².